The number of hydrogen-bond donors (Lipinski definition) is 0. The van der Waals surface area contributed by atoms with Crippen molar-refractivity contribution in [2.45, 2.75) is 47.1 Å². The van der Waals surface area contributed by atoms with Crippen molar-refractivity contribution in [1.29, 1.82) is 0 Å². The van der Waals surface area contributed by atoms with Crippen molar-refractivity contribution in [3.63, 3.8) is 0 Å². The standard InChI is InChI=1S/C23H26N2O4S/c1-13(2)11-29-23(28)20-15(5)19-21(30-20)24-12-25(22(19)27)10-18(26)17-8-6-16(7-9-17)14(3)4/h6-9,12-14H,10-11H2,1-5H3. The van der Waals surface area contributed by atoms with Crippen LogP contribution in [0.4, 0.5) is 0 Å². The van der Waals surface area contributed by atoms with Crippen LogP contribution in [-0.2, 0) is 11.3 Å². The van der Waals surface area contributed by atoms with E-state index in [4.69, 9.17) is 4.74 Å². The number of fused-ring (bicyclic) bond motifs is 1. The molecule has 158 valence electrons. The highest BCUT2D eigenvalue weighted by Gasteiger charge is 2.21. The van der Waals surface area contributed by atoms with E-state index in [9.17, 15) is 14.4 Å². The number of hydrogen-bond acceptors (Lipinski definition) is 6. The van der Waals surface area contributed by atoms with Crippen molar-refractivity contribution in [3.8, 4) is 0 Å². The fraction of sp³-hybridized carbons (Fsp3) is 0.391. The number of benzene rings is 1. The fourth-order valence-electron chi connectivity index (χ4n) is 3.07. The average molecular weight is 427 g/mol. The van der Waals surface area contributed by atoms with E-state index in [0.717, 1.165) is 16.9 Å². The number of rotatable bonds is 7. The summed E-state index contributed by atoms with van der Waals surface area (Å²) in [5, 5.41) is 0.363. The molecule has 0 saturated heterocycles. The molecule has 0 spiro atoms. The fourth-order valence-corrected chi connectivity index (χ4v) is 4.11. The van der Waals surface area contributed by atoms with Crippen LogP contribution in [0.15, 0.2) is 35.4 Å². The Morgan fingerprint density at radius 3 is 2.40 bits per heavy atom. The first kappa shape index (κ1) is 21.9. The molecule has 2 aromatic heterocycles. The van der Waals surface area contributed by atoms with Gasteiger partial charge in [0.05, 0.1) is 24.9 Å². The van der Waals surface area contributed by atoms with E-state index in [1.807, 2.05) is 26.0 Å². The van der Waals surface area contributed by atoms with Gasteiger partial charge >= 0.3 is 5.97 Å². The van der Waals surface area contributed by atoms with Crippen LogP contribution in [0.2, 0.25) is 0 Å². The molecule has 3 aromatic rings. The number of ketones is 1. The van der Waals surface area contributed by atoms with Gasteiger partial charge in [-0.15, -0.1) is 11.3 Å². The van der Waals surface area contributed by atoms with Gasteiger partial charge in [-0.25, -0.2) is 9.78 Å². The molecule has 0 saturated carbocycles. The Morgan fingerprint density at radius 1 is 1.13 bits per heavy atom. The van der Waals surface area contributed by atoms with Crippen LogP contribution >= 0.6 is 11.3 Å². The number of aromatic nitrogens is 2. The van der Waals surface area contributed by atoms with Crippen molar-refractivity contribution in [2.75, 3.05) is 6.61 Å². The van der Waals surface area contributed by atoms with Gasteiger partial charge in [-0.05, 0) is 29.9 Å². The van der Waals surface area contributed by atoms with Gasteiger partial charge in [-0.3, -0.25) is 14.2 Å². The summed E-state index contributed by atoms with van der Waals surface area (Å²) in [5.41, 5.74) is 1.91. The Hall–Kier alpha value is -2.80. The van der Waals surface area contributed by atoms with E-state index >= 15 is 0 Å². The van der Waals surface area contributed by atoms with Gasteiger partial charge in [0.2, 0.25) is 0 Å². The summed E-state index contributed by atoms with van der Waals surface area (Å²) in [5.74, 6) is -0.0135. The number of nitrogens with zero attached hydrogens (tertiary/aromatic N) is 2. The molecule has 0 fully saturated rings. The molecule has 0 aliphatic carbocycles. The summed E-state index contributed by atoms with van der Waals surface area (Å²) < 4.78 is 6.60. The summed E-state index contributed by atoms with van der Waals surface area (Å²) in [6.07, 6.45) is 1.37. The third kappa shape index (κ3) is 4.51. The molecule has 1 aromatic carbocycles. The summed E-state index contributed by atoms with van der Waals surface area (Å²) in [6.45, 7) is 10.0. The molecule has 6 nitrogen and oxygen atoms in total. The largest absolute Gasteiger partial charge is 0.461 e. The first-order valence-electron chi connectivity index (χ1n) is 9.97. The van der Waals surface area contributed by atoms with Crippen LogP contribution in [-0.4, -0.2) is 27.9 Å². The maximum atomic E-state index is 13.0. The number of Topliss-reactive ketones (excluding diaryl/α,β-unsaturated/α-hetero) is 1. The second kappa shape index (κ2) is 8.92. The molecule has 2 heterocycles. The SMILES string of the molecule is Cc1c(C(=O)OCC(C)C)sc2ncn(CC(=O)c3ccc(C(C)C)cc3)c(=O)c12. The van der Waals surface area contributed by atoms with Crippen LogP contribution < -0.4 is 5.56 Å². The number of aryl methyl sites for hydroxylation is 1. The zero-order valence-electron chi connectivity index (χ0n) is 17.9. The Labute approximate surface area is 179 Å². The van der Waals surface area contributed by atoms with Crippen molar-refractivity contribution in [2.24, 2.45) is 5.92 Å². The third-order valence-electron chi connectivity index (χ3n) is 4.86. The number of ether oxygens (including phenoxy) is 1. The van der Waals surface area contributed by atoms with Crippen molar-refractivity contribution in [3.05, 3.63) is 62.5 Å². The lowest BCUT2D eigenvalue weighted by Crippen LogP contribution is -2.24. The molecule has 30 heavy (non-hydrogen) atoms. The van der Waals surface area contributed by atoms with Crippen molar-refractivity contribution < 1.29 is 14.3 Å². The van der Waals surface area contributed by atoms with Gasteiger partial charge in [0.25, 0.3) is 5.56 Å². The van der Waals surface area contributed by atoms with E-state index in [1.54, 1.807) is 19.1 Å². The quantitative estimate of drug-likeness (QED) is 0.408. The lowest BCUT2D eigenvalue weighted by atomic mass is 10.0. The molecule has 0 atom stereocenters. The normalized spacial score (nSPS) is 11.4. The summed E-state index contributed by atoms with van der Waals surface area (Å²) >= 11 is 1.14. The number of esters is 1. The molecule has 0 aliphatic rings. The molecule has 0 aliphatic heterocycles. The molecular weight excluding hydrogens is 400 g/mol. The first-order chi connectivity index (χ1) is 14.2. The summed E-state index contributed by atoms with van der Waals surface area (Å²) in [6, 6.07) is 7.43. The summed E-state index contributed by atoms with van der Waals surface area (Å²) in [4.78, 5) is 43.2. The van der Waals surface area contributed by atoms with E-state index in [-0.39, 0.29) is 23.8 Å². The molecule has 7 heteroatoms. The number of carbonyl (C=O) groups excluding carboxylic acids is 2. The van der Waals surface area contributed by atoms with Gasteiger partial charge in [0.1, 0.15) is 9.71 Å². The van der Waals surface area contributed by atoms with Gasteiger partial charge in [-0.1, -0.05) is 52.0 Å². The van der Waals surface area contributed by atoms with Crippen LogP contribution in [0.3, 0.4) is 0 Å². The molecule has 0 bridgehead atoms. The van der Waals surface area contributed by atoms with Gasteiger partial charge in [0.15, 0.2) is 5.78 Å². The number of thiophene rings is 1. The monoisotopic (exact) mass is 426 g/mol. The maximum Gasteiger partial charge on any atom is 0.348 e. The minimum absolute atomic E-state index is 0.106. The predicted molar refractivity (Wildman–Crippen MR) is 119 cm³/mol. The van der Waals surface area contributed by atoms with E-state index in [0.29, 0.717) is 38.7 Å². The maximum absolute atomic E-state index is 13.0. The minimum atomic E-state index is -0.448. The smallest absolute Gasteiger partial charge is 0.348 e. The molecule has 0 amide bonds. The second-order valence-electron chi connectivity index (χ2n) is 8.11. The molecule has 0 radical (unpaired) electrons. The predicted octanol–water partition coefficient (Wildman–Crippen LogP) is 4.59. The highest BCUT2D eigenvalue weighted by molar-refractivity contribution is 7.20. The zero-order chi connectivity index (χ0) is 22.0. The molecular formula is C23H26N2O4S. The van der Waals surface area contributed by atoms with Crippen LogP contribution in [0.25, 0.3) is 10.2 Å². The Bertz CT molecular complexity index is 1140. The lowest BCUT2D eigenvalue weighted by molar-refractivity contribution is 0.0464. The second-order valence-corrected chi connectivity index (χ2v) is 9.11. The Morgan fingerprint density at radius 2 is 1.80 bits per heavy atom. The summed E-state index contributed by atoms with van der Waals surface area (Å²) in [7, 11) is 0. The average Bonchev–Trinajstić information content (AvgIpc) is 3.05. The third-order valence-corrected chi connectivity index (χ3v) is 6.04. The van der Waals surface area contributed by atoms with Crippen molar-refractivity contribution >= 4 is 33.3 Å². The molecule has 0 N–H and O–H groups in total. The number of carbonyl (C=O) groups is 2. The van der Waals surface area contributed by atoms with Crippen molar-refractivity contribution in [1.82, 2.24) is 9.55 Å². The zero-order valence-corrected chi connectivity index (χ0v) is 18.7. The highest BCUT2D eigenvalue weighted by atomic mass is 32.1. The van der Waals surface area contributed by atoms with E-state index in [1.165, 1.54) is 10.9 Å². The van der Waals surface area contributed by atoms with Crippen LogP contribution in [0.5, 0.6) is 0 Å². The van der Waals surface area contributed by atoms with Gasteiger partial charge < -0.3 is 4.74 Å². The van der Waals surface area contributed by atoms with Gasteiger partial charge in [-0.2, -0.15) is 0 Å². The van der Waals surface area contributed by atoms with Crippen LogP contribution in [0, 0.1) is 12.8 Å². The van der Waals surface area contributed by atoms with Gasteiger partial charge in [0, 0.05) is 5.56 Å². The lowest BCUT2D eigenvalue weighted by Gasteiger charge is -2.08. The molecule has 3 rings (SSSR count). The highest BCUT2D eigenvalue weighted by Crippen LogP contribution is 2.27. The molecule has 0 unspecified atom stereocenters. The van der Waals surface area contributed by atoms with E-state index in [2.05, 4.69) is 18.8 Å². The Balaban J connectivity index is 1.88. The Kier molecular flexibility index (Phi) is 6.51. The topological polar surface area (TPSA) is 78.3 Å². The van der Waals surface area contributed by atoms with Crippen LogP contribution in [0.1, 0.15) is 64.8 Å². The first-order valence-corrected chi connectivity index (χ1v) is 10.8. The minimum Gasteiger partial charge on any atom is -0.461 e. The van der Waals surface area contributed by atoms with E-state index < -0.39 is 5.97 Å².